The van der Waals surface area contributed by atoms with Crippen LogP contribution in [0, 0.1) is 0 Å². The van der Waals surface area contributed by atoms with E-state index >= 15 is 0 Å². The first kappa shape index (κ1) is 16.3. The van der Waals surface area contributed by atoms with E-state index in [1.807, 2.05) is 30.3 Å². The predicted molar refractivity (Wildman–Crippen MR) is 98.4 cm³/mol. The van der Waals surface area contributed by atoms with Gasteiger partial charge in [-0.1, -0.05) is 41.4 Å². The third-order valence-electron chi connectivity index (χ3n) is 3.25. The molecule has 2 aromatic carbocycles. The van der Waals surface area contributed by atoms with E-state index in [1.54, 1.807) is 36.5 Å². The number of hydrogen-bond acceptors (Lipinski definition) is 3. The van der Waals surface area contributed by atoms with Crippen LogP contribution in [-0.2, 0) is 0 Å². The molecule has 0 radical (unpaired) electrons. The van der Waals surface area contributed by atoms with Gasteiger partial charge in [0.15, 0.2) is 0 Å². The Bertz CT molecular complexity index is 869. The molecule has 0 bridgehead atoms. The van der Waals surface area contributed by atoms with Gasteiger partial charge < -0.3 is 10.6 Å². The van der Waals surface area contributed by atoms with Gasteiger partial charge in [-0.25, -0.2) is 4.98 Å². The molecule has 3 rings (SSSR count). The molecule has 1 amide bonds. The Morgan fingerprint density at radius 2 is 1.75 bits per heavy atom. The van der Waals surface area contributed by atoms with Crippen molar-refractivity contribution in [2.75, 3.05) is 10.6 Å². The van der Waals surface area contributed by atoms with Crippen LogP contribution in [-0.4, -0.2) is 10.9 Å². The molecule has 0 aliphatic carbocycles. The van der Waals surface area contributed by atoms with Crippen molar-refractivity contribution in [3.8, 4) is 0 Å². The Balaban J connectivity index is 1.77. The summed E-state index contributed by atoms with van der Waals surface area (Å²) in [5.41, 5.74) is 1.86. The standard InChI is InChI=1S/C18H13Cl2N3O/c19-13-6-7-16(15(20)11-13)23-18(24)12-8-9-21-17(10-12)22-14-4-2-1-3-5-14/h1-11H,(H,21,22)(H,23,24). The molecular weight excluding hydrogens is 345 g/mol. The van der Waals surface area contributed by atoms with E-state index in [1.165, 1.54) is 0 Å². The summed E-state index contributed by atoms with van der Waals surface area (Å²) >= 11 is 11.9. The van der Waals surface area contributed by atoms with Crippen molar-refractivity contribution in [1.29, 1.82) is 0 Å². The second-order valence-electron chi connectivity index (χ2n) is 5.00. The van der Waals surface area contributed by atoms with Gasteiger partial charge >= 0.3 is 0 Å². The molecule has 0 saturated carbocycles. The van der Waals surface area contributed by atoms with Crippen LogP contribution < -0.4 is 10.6 Å². The Morgan fingerprint density at radius 1 is 0.958 bits per heavy atom. The first-order chi connectivity index (χ1) is 11.6. The van der Waals surface area contributed by atoms with Crippen LogP contribution in [0.3, 0.4) is 0 Å². The molecule has 0 fully saturated rings. The summed E-state index contributed by atoms with van der Waals surface area (Å²) in [5.74, 6) is 0.300. The second kappa shape index (κ2) is 7.34. The Hall–Kier alpha value is -2.56. The lowest BCUT2D eigenvalue weighted by molar-refractivity contribution is 0.102. The Labute approximate surface area is 149 Å². The maximum absolute atomic E-state index is 12.4. The number of amides is 1. The molecule has 4 nitrogen and oxygen atoms in total. The van der Waals surface area contributed by atoms with Crippen molar-refractivity contribution >= 4 is 46.3 Å². The highest BCUT2D eigenvalue weighted by Gasteiger charge is 2.10. The summed E-state index contributed by atoms with van der Waals surface area (Å²) in [4.78, 5) is 16.6. The highest BCUT2D eigenvalue weighted by atomic mass is 35.5. The third kappa shape index (κ3) is 4.04. The number of halogens is 2. The number of carbonyl (C=O) groups excluding carboxylic acids is 1. The minimum Gasteiger partial charge on any atom is -0.340 e. The fourth-order valence-corrected chi connectivity index (χ4v) is 2.55. The van der Waals surface area contributed by atoms with Crippen LogP contribution in [0.25, 0.3) is 0 Å². The van der Waals surface area contributed by atoms with Crippen molar-refractivity contribution in [2.45, 2.75) is 0 Å². The highest BCUT2D eigenvalue weighted by Crippen LogP contribution is 2.26. The number of nitrogens with one attached hydrogen (secondary N) is 2. The monoisotopic (exact) mass is 357 g/mol. The number of carbonyl (C=O) groups is 1. The van der Waals surface area contributed by atoms with Crippen molar-refractivity contribution < 1.29 is 4.79 Å². The van der Waals surface area contributed by atoms with E-state index < -0.39 is 0 Å². The zero-order valence-electron chi connectivity index (χ0n) is 12.5. The van der Waals surface area contributed by atoms with Crippen molar-refractivity contribution in [2.24, 2.45) is 0 Å². The topological polar surface area (TPSA) is 54.0 Å². The molecule has 0 spiro atoms. The molecule has 24 heavy (non-hydrogen) atoms. The van der Waals surface area contributed by atoms with E-state index in [2.05, 4.69) is 15.6 Å². The zero-order valence-corrected chi connectivity index (χ0v) is 14.0. The number of benzene rings is 2. The lowest BCUT2D eigenvalue weighted by atomic mass is 10.2. The zero-order chi connectivity index (χ0) is 16.9. The van der Waals surface area contributed by atoms with Gasteiger partial charge in [-0.05, 0) is 42.5 Å². The Morgan fingerprint density at radius 3 is 2.50 bits per heavy atom. The lowest BCUT2D eigenvalue weighted by Crippen LogP contribution is -2.12. The normalized spacial score (nSPS) is 10.2. The molecule has 1 heterocycles. The molecule has 120 valence electrons. The molecule has 6 heteroatoms. The van der Waals surface area contributed by atoms with Crippen LogP contribution in [0.4, 0.5) is 17.2 Å². The number of hydrogen-bond donors (Lipinski definition) is 2. The van der Waals surface area contributed by atoms with Crippen molar-refractivity contribution in [1.82, 2.24) is 4.98 Å². The molecule has 3 aromatic rings. The first-order valence-electron chi connectivity index (χ1n) is 7.16. The van der Waals surface area contributed by atoms with E-state index in [0.29, 0.717) is 27.1 Å². The first-order valence-corrected chi connectivity index (χ1v) is 7.92. The number of rotatable bonds is 4. The quantitative estimate of drug-likeness (QED) is 0.658. The van der Waals surface area contributed by atoms with Gasteiger partial charge in [0.25, 0.3) is 5.91 Å². The number of aromatic nitrogens is 1. The van der Waals surface area contributed by atoms with Gasteiger partial charge in [-0.3, -0.25) is 4.79 Å². The van der Waals surface area contributed by atoms with Crippen LogP contribution in [0.1, 0.15) is 10.4 Å². The van der Waals surface area contributed by atoms with Crippen LogP contribution in [0.15, 0.2) is 66.9 Å². The molecule has 0 atom stereocenters. The molecule has 0 aliphatic heterocycles. The van der Waals surface area contributed by atoms with E-state index in [4.69, 9.17) is 23.2 Å². The largest absolute Gasteiger partial charge is 0.340 e. The van der Waals surface area contributed by atoms with Gasteiger partial charge in [0.1, 0.15) is 5.82 Å². The van der Waals surface area contributed by atoms with Gasteiger partial charge in [-0.2, -0.15) is 0 Å². The number of anilines is 3. The van der Waals surface area contributed by atoms with E-state index in [9.17, 15) is 4.79 Å². The van der Waals surface area contributed by atoms with E-state index in [-0.39, 0.29) is 5.91 Å². The summed E-state index contributed by atoms with van der Waals surface area (Å²) in [7, 11) is 0. The lowest BCUT2D eigenvalue weighted by Gasteiger charge is -2.09. The maximum Gasteiger partial charge on any atom is 0.255 e. The molecule has 0 aliphatic rings. The van der Waals surface area contributed by atoms with Crippen molar-refractivity contribution in [3.63, 3.8) is 0 Å². The van der Waals surface area contributed by atoms with Crippen LogP contribution in [0.2, 0.25) is 10.0 Å². The van der Waals surface area contributed by atoms with Crippen LogP contribution in [0.5, 0.6) is 0 Å². The smallest absolute Gasteiger partial charge is 0.255 e. The number of pyridine rings is 1. The number of para-hydroxylation sites is 1. The van der Waals surface area contributed by atoms with Gasteiger partial charge in [0, 0.05) is 22.5 Å². The Kier molecular flexibility index (Phi) is 4.99. The summed E-state index contributed by atoms with van der Waals surface area (Å²) in [6.07, 6.45) is 1.57. The minimum absolute atomic E-state index is 0.280. The minimum atomic E-state index is -0.280. The fourth-order valence-electron chi connectivity index (χ4n) is 2.09. The SMILES string of the molecule is O=C(Nc1ccc(Cl)cc1Cl)c1ccnc(Nc2ccccc2)c1. The molecule has 0 saturated heterocycles. The third-order valence-corrected chi connectivity index (χ3v) is 3.80. The predicted octanol–water partition coefficient (Wildman–Crippen LogP) is 5.38. The van der Waals surface area contributed by atoms with Crippen molar-refractivity contribution in [3.05, 3.63) is 82.5 Å². The van der Waals surface area contributed by atoms with Gasteiger partial charge in [0.2, 0.25) is 0 Å². The fraction of sp³-hybridized carbons (Fsp3) is 0. The summed E-state index contributed by atoms with van der Waals surface area (Å²) < 4.78 is 0. The number of nitrogens with zero attached hydrogens (tertiary/aromatic N) is 1. The molecule has 1 aromatic heterocycles. The van der Waals surface area contributed by atoms with E-state index in [0.717, 1.165) is 5.69 Å². The average Bonchev–Trinajstić information content (AvgIpc) is 2.58. The summed E-state index contributed by atoms with van der Waals surface area (Å²) in [6, 6.07) is 17.8. The van der Waals surface area contributed by atoms with Gasteiger partial charge in [-0.15, -0.1) is 0 Å². The summed E-state index contributed by atoms with van der Waals surface area (Å²) in [5, 5.41) is 6.80. The maximum atomic E-state index is 12.4. The van der Waals surface area contributed by atoms with Crippen LogP contribution >= 0.6 is 23.2 Å². The van der Waals surface area contributed by atoms with Gasteiger partial charge in [0.05, 0.1) is 10.7 Å². The highest BCUT2D eigenvalue weighted by molar-refractivity contribution is 6.36. The molecule has 2 N–H and O–H groups in total. The second-order valence-corrected chi connectivity index (χ2v) is 5.84. The summed E-state index contributed by atoms with van der Waals surface area (Å²) in [6.45, 7) is 0. The molecule has 0 unspecified atom stereocenters. The average molecular weight is 358 g/mol. The molecular formula is C18H13Cl2N3O.